The second-order valence-corrected chi connectivity index (χ2v) is 4.10. The van der Waals surface area contributed by atoms with Gasteiger partial charge in [0.15, 0.2) is 0 Å². The zero-order chi connectivity index (χ0) is 8.97. The molecule has 0 bridgehead atoms. The van der Waals surface area contributed by atoms with Crippen LogP contribution in [0.3, 0.4) is 0 Å². The van der Waals surface area contributed by atoms with E-state index in [1.807, 2.05) is 13.0 Å². The van der Waals surface area contributed by atoms with Crippen molar-refractivity contribution in [3.05, 3.63) is 34.5 Å². The van der Waals surface area contributed by atoms with Crippen LogP contribution in [-0.2, 0) is 0 Å². The van der Waals surface area contributed by atoms with Crippen molar-refractivity contribution >= 4 is 11.3 Å². The van der Waals surface area contributed by atoms with E-state index in [-0.39, 0.29) is 6.04 Å². The van der Waals surface area contributed by atoms with Crippen molar-refractivity contribution in [1.82, 2.24) is 0 Å². The summed E-state index contributed by atoms with van der Waals surface area (Å²) in [6.07, 6.45) is 2.04. The highest BCUT2D eigenvalue weighted by Crippen LogP contribution is 2.21. The summed E-state index contributed by atoms with van der Waals surface area (Å²) in [7, 11) is 0. The molecule has 0 saturated heterocycles. The normalized spacial score (nSPS) is 12.8. The first kappa shape index (κ1) is 9.49. The number of rotatable bonds is 4. The quantitative estimate of drug-likeness (QED) is 0.710. The van der Waals surface area contributed by atoms with Gasteiger partial charge >= 0.3 is 0 Å². The van der Waals surface area contributed by atoms with E-state index >= 15 is 0 Å². The zero-order valence-corrected chi connectivity index (χ0v) is 8.23. The van der Waals surface area contributed by atoms with Crippen LogP contribution in [0.1, 0.15) is 30.7 Å². The van der Waals surface area contributed by atoms with Gasteiger partial charge in [-0.2, -0.15) is 0 Å². The molecule has 66 valence electrons. The summed E-state index contributed by atoms with van der Waals surface area (Å²) < 4.78 is 0. The summed E-state index contributed by atoms with van der Waals surface area (Å²) in [5.74, 6) is 0. The van der Waals surface area contributed by atoms with Gasteiger partial charge in [-0.25, -0.2) is 0 Å². The molecule has 0 aliphatic rings. The molecule has 0 fully saturated rings. The van der Waals surface area contributed by atoms with Crippen LogP contribution in [0.15, 0.2) is 29.7 Å². The average molecular weight is 181 g/mol. The highest BCUT2D eigenvalue weighted by Gasteiger charge is 2.05. The van der Waals surface area contributed by atoms with E-state index < -0.39 is 0 Å². The molecule has 0 radical (unpaired) electrons. The molecular formula is C10H15NS. The molecule has 0 spiro atoms. The summed E-state index contributed by atoms with van der Waals surface area (Å²) in [5.41, 5.74) is 7.17. The molecule has 2 N–H and O–H groups in total. The molecule has 0 saturated carbocycles. The number of thiophene rings is 1. The molecule has 0 amide bonds. The monoisotopic (exact) mass is 181 g/mol. The Morgan fingerprint density at radius 3 is 3.00 bits per heavy atom. The fourth-order valence-corrected chi connectivity index (χ4v) is 1.81. The molecule has 1 rings (SSSR count). The first-order valence-electron chi connectivity index (χ1n) is 4.13. The maximum atomic E-state index is 5.96. The standard InChI is InChI=1S/C10H15NS/c1-8(2)5-6-9(11)10-4-3-7-12-10/h3-4,7,9H,1,5-6,11H2,2H3. The molecule has 0 aliphatic heterocycles. The molecule has 12 heavy (non-hydrogen) atoms. The van der Waals surface area contributed by atoms with Gasteiger partial charge in [0.1, 0.15) is 0 Å². The van der Waals surface area contributed by atoms with E-state index in [1.54, 1.807) is 11.3 Å². The van der Waals surface area contributed by atoms with Gasteiger partial charge in [0.25, 0.3) is 0 Å². The van der Waals surface area contributed by atoms with Crippen molar-refractivity contribution in [1.29, 1.82) is 0 Å². The predicted molar refractivity (Wildman–Crippen MR) is 55.3 cm³/mol. The Morgan fingerprint density at radius 2 is 2.50 bits per heavy atom. The minimum atomic E-state index is 0.196. The molecule has 1 unspecified atom stereocenters. The van der Waals surface area contributed by atoms with Crippen LogP contribution in [0.4, 0.5) is 0 Å². The summed E-state index contributed by atoms with van der Waals surface area (Å²) in [5, 5.41) is 2.07. The second-order valence-electron chi connectivity index (χ2n) is 3.12. The molecular weight excluding hydrogens is 166 g/mol. The summed E-state index contributed by atoms with van der Waals surface area (Å²) in [6.45, 7) is 5.90. The van der Waals surface area contributed by atoms with E-state index in [4.69, 9.17) is 5.73 Å². The van der Waals surface area contributed by atoms with E-state index in [9.17, 15) is 0 Å². The summed E-state index contributed by atoms with van der Waals surface area (Å²) in [6, 6.07) is 4.33. The number of nitrogens with two attached hydrogens (primary N) is 1. The van der Waals surface area contributed by atoms with Crippen molar-refractivity contribution in [2.75, 3.05) is 0 Å². The largest absolute Gasteiger partial charge is 0.323 e. The van der Waals surface area contributed by atoms with Gasteiger partial charge in [0, 0.05) is 10.9 Å². The number of hydrogen-bond donors (Lipinski definition) is 1. The lowest BCUT2D eigenvalue weighted by molar-refractivity contribution is 0.659. The lowest BCUT2D eigenvalue weighted by Gasteiger charge is -2.08. The van der Waals surface area contributed by atoms with Gasteiger partial charge in [0.2, 0.25) is 0 Å². The number of hydrogen-bond acceptors (Lipinski definition) is 2. The van der Waals surface area contributed by atoms with Crippen LogP contribution in [0.25, 0.3) is 0 Å². The minimum Gasteiger partial charge on any atom is -0.323 e. The van der Waals surface area contributed by atoms with Gasteiger partial charge in [-0.3, -0.25) is 0 Å². The fraction of sp³-hybridized carbons (Fsp3) is 0.400. The highest BCUT2D eigenvalue weighted by molar-refractivity contribution is 7.10. The van der Waals surface area contributed by atoms with Crippen LogP contribution >= 0.6 is 11.3 Å². The third-order valence-corrected chi connectivity index (χ3v) is 2.79. The highest BCUT2D eigenvalue weighted by atomic mass is 32.1. The SMILES string of the molecule is C=C(C)CCC(N)c1cccs1. The lowest BCUT2D eigenvalue weighted by atomic mass is 10.1. The minimum absolute atomic E-state index is 0.196. The lowest BCUT2D eigenvalue weighted by Crippen LogP contribution is -2.08. The average Bonchev–Trinajstić information content (AvgIpc) is 2.51. The Kier molecular flexibility index (Phi) is 3.50. The van der Waals surface area contributed by atoms with E-state index in [0.717, 1.165) is 12.8 Å². The van der Waals surface area contributed by atoms with Gasteiger partial charge < -0.3 is 5.73 Å². The Hall–Kier alpha value is -0.600. The fourth-order valence-electron chi connectivity index (χ4n) is 1.05. The third kappa shape index (κ3) is 2.80. The summed E-state index contributed by atoms with van der Waals surface area (Å²) >= 11 is 1.73. The zero-order valence-electron chi connectivity index (χ0n) is 7.42. The van der Waals surface area contributed by atoms with Gasteiger partial charge in [-0.15, -0.1) is 17.9 Å². The van der Waals surface area contributed by atoms with E-state index in [2.05, 4.69) is 18.0 Å². The third-order valence-electron chi connectivity index (χ3n) is 1.79. The topological polar surface area (TPSA) is 26.0 Å². The number of allylic oxidation sites excluding steroid dienone is 1. The first-order chi connectivity index (χ1) is 5.70. The van der Waals surface area contributed by atoms with Crippen LogP contribution in [0.2, 0.25) is 0 Å². The Balaban J connectivity index is 2.39. The first-order valence-corrected chi connectivity index (χ1v) is 5.01. The molecule has 1 nitrogen and oxygen atoms in total. The molecule has 1 aromatic rings. The van der Waals surface area contributed by atoms with Crippen molar-refractivity contribution in [3.8, 4) is 0 Å². The second kappa shape index (κ2) is 4.43. The van der Waals surface area contributed by atoms with E-state index in [1.165, 1.54) is 10.5 Å². The van der Waals surface area contributed by atoms with Crippen molar-refractivity contribution in [3.63, 3.8) is 0 Å². The Morgan fingerprint density at radius 1 is 1.75 bits per heavy atom. The molecule has 1 heterocycles. The van der Waals surface area contributed by atoms with Crippen LogP contribution in [-0.4, -0.2) is 0 Å². The molecule has 0 aromatic carbocycles. The maximum Gasteiger partial charge on any atom is 0.0392 e. The Labute approximate surface area is 77.9 Å². The smallest absolute Gasteiger partial charge is 0.0392 e. The van der Waals surface area contributed by atoms with Crippen LogP contribution < -0.4 is 5.73 Å². The van der Waals surface area contributed by atoms with Gasteiger partial charge in [-0.1, -0.05) is 11.6 Å². The molecule has 1 atom stereocenters. The predicted octanol–water partition coefficient (Wildman–Crippen LogP) is 3.10. The summed E-state index contributed by atoms with van der Waals surface area (Å²) in [4.78, 5) is 1.27. The van der Waals surface area contributed by atoms with Crippen LogP contribution in [0.5, 0.6) is 0 Å². The van der Waals surface area contributed by atoms with E-state index in [0.29, 0.717) is 0 Å². The Bertz CT molecular complexity index is 238. The van der Waals surface area contributed by atoms with Crippen molar-refractivity contribution in [2.24, 2.45) is 5.73 Å². The van der Waals surface area contributed by atoms with Gasteiger partial charge in [0.05, 0.1) is 0 Å². The molecule has 0 aliphatic carbocycles. The van der Waals surface area contributed by atoms with Crippen molar-refractivity contribution in [2.45, 2.75) is 25.8 Å². The van der Waals surface area contributed by atoms with Crippen molar-refractivity contribution < 1.29 is 0 Å². The van der Waals surface area contributed by atoms with Crippen LogP contribution in [0, 0.1) is 0 Å². The van der Waals surface area contributed by atoms with Gasteiger partial charge in [-0.05, 0) is 31.2 Å². The maximum absolute atomic E-state index is 5.96. The molecule has 1 aromatic heterocycles. The molecule has 2 heteroatoms.